The summed E-state index contributed by atoms with van der Waals surface area (Å²) in [5, 5.41) is 3.91. The molecule has 8 nitrogen and oxygen atoms in total. The summed E-state index contributed by atoms with van der Waals surface area (Å²) in [5.41, 5.74) is 1.60. The smallest absolute Gasteiger partial charge is 0.326 e. The van der Waals surface area contributed by atoms with Crippen LogP contribution < -0.4 is 10.1 Å². The van der Waals surface area contributed by atoms with Gasteiger partial charge in [0.05, 0.1) is 18.7 Å². The van der Waals surface area contributed by atoms with E-state index >= 15 is 4.79 Å². The summed E-state index contributed by atoms with van der Waals surface area (Å²) in [6.45, 7) is 15.5. The van der Waals surface area contributed by atoms with Crippen LogP contribution in [-0.4, -0.2) is 78.9 Å². The summed E-state index contributed by atoms with van der Waals surface area (Å²) in [7, 11) is 1.64. The highest BCUT2D eigenvalue weighted by atomic mass is 35.5. The van der Waals surface area contributed by atoms with Crippen LogP contribution in [0.15, 0.2) is 71.7 Å². The zero-order valence-electron chi connectivity index (χ0n) is 28.4. The Morgan fingerprint density at radius 3 is 2.00 bits per heavy atom. The second kappa shape index (κ2) is 13.5. The van der Waals surface area contributed by atoms with E-state index in [1.54, 1.807) is 7.05 Å². The van der Waals surface area contributed by atoms with Crippen LogP contribution in [0.25, 0.3) is 0 Å². The van der Waals surface area contributed by atoms with Crippen LogP contribution in [0.2, 0.25) is 10.0 Å². The number of ether oxygens (including phenoxy) is 1. The van der Waals surface area contributed by atoms with Crippen LogP contribution in [0.5, 0.6) is 5.75 Å². The summed E-state index contributed by atoms with van der Waals surface area (Å²) < 4.78 is 6.29. The van der Waals surface area contributed by atoms with Crippen LogP contribution in [-0.2, 0) is 21.3 Å². The molecular formula is C37H45Cl2N5O3. The SMILES string of the molecule is CCOc1cc(C(C)(C)C)ccc1C1=N[C@@](C)(c2ccc(Cl)cc2)[C@@](C)(c2ccc(Cl)cc2)N1C(=O)N1CCN(CC(=O)NC)CC1. The summed E-state index contributed by atoms with van der Waals surface area (Å²) in [6, 6.07) is 21.4. The van der Waals surface area contributed by atoms with E-state index in [1.807, 2.05) is 71.3 Å². The number of carbonyl (C=O) groups is 2. The number of aliphatic imine (C=N–C) groups is 1. The highest BCUT2D eigenvalue weighted by Crippen LogP contribution is 2.54. The van der Waals surface area contributed by atoms with Gasteiger partial charge < -0.3 is 15.0 Å². The molecule has 3 aromatic rings. The van der Waals surface area contributed by atoms with Crippen molar-refractivity contribution < 1.29 is 14.3 Å². The highest BCUT2D eigenvalue weighted by molar-refractivity contribution is 6.30. The summed E-state index contributed by atoms with van der Waals surface area (Å²) in [5.74, 6) is 1.15. The fourth-order valence-corrected chi connectivity index (χ4v) is 6.79. The molecule has 1 N–H and O–H groups in total. The first-order valence-corrected chi connectivity index (χ1v) is 16.9. The average Bonchev–Trinajstić information content (AvgIpc) is 3.29. The Labute approximate surface area is 288 Å². The molecular weight excluding hydrogens is 633 g/mol. The zero-order valence-corrected chi connectivity index (χ0v) is 29.9. The van der Waals surface area contributed by atoms with Gasteiger partial charge in [0.1, 0.15) is 22.7 Å². The predicted octanol–water partition coefficient (Wildman–Crippen LogP) is 7.07. The second-order valence-electron chi connectivity index (χ2n) is 13.5. The van der Waals surface area contributed by atoms with E-state index in [9.17, 15) is 4.79 Å². The van der Waals surface area contributed by atoms with Crippen LogP contribution in [0.4, 0.5) is 4.79 Å². The maximum Gasteiger partial charge on any atom is 0.326 e. The van der Waals surface area contributed by atoms with Gasteiger partial charge >= 0.3 is 6.03 Å². The topological polar surface area (TPSA) is 77.5 Å². The standard InChI is InChI=1S/C37H45Cl2N5O3/c1-8-47-31-23-27(35(2,3)4)13-18-30(31)33-41-36(5,25-9-14-28(38)15-10-25)37(6,26-11-16-29(39)17-12-26)44(33)34(46)43-21-19-42(20-22-43)24-32(45)40-7/h9-18,23H,8,19-22,24H2,1-7H3,(H,40,45)/t36-,37+/m0/s1. The lowest BCUT2D eigenvalue weighted by molar-refractivity contribution is -0.122. The van der Waals surface area contributed by atoms with Crippen LogP contribution in [0.1, 0.15) is 63.8 Å². The van der Waals surface area contributed by atoms with Gasteiger partial charge in [-0.25, -0.2) is 4.79 Å². The van der Waals surface area contributed by atoms with Gasteiger partial charge in [0.25, 0.3) is 0 Å². The maximum absolute atomic E-state index is 15.1. The van der Waals surface area contributed by atoms with E-state index < -0.39 is 11.1 Å². The molecule has 3 aromatic carbocycles. The van der Waals surface area contributed by atoms with Crippen molar-refractivity contribution in [2.24, 2.45) is 4.99 Å². The molecule has 2 heterocycles. The highest BCUT2D eigenvalue weighted by Gasteiger charge is 2.60. The lowest BCUT2D eigenvalue weighted by Gasteiger charge is -2.47. The summed E-state index contributed by atoms with van der Waals surface area (Å²) >= 11 is 12.8. The normalized spacial score (nSPS) is 21.9. The Kier molecular flexibility index (Phi) is 9.97. The number of urea groups is 1. The molecule has 2 atom stereocenters. The van der Waals surface area contributed by atoms with Crippen molar-refractivity contribution in [2.45, 2.75) is 58.0 Å². The molecule has 1 fully saturated rings. The number of amides is 3. The van der Waals surface area contributed by atoms with Crippen LogP contribution in [0.3, 0.4) is 0 Å². The van der Waals surface area contributed by atoms with E-state index in [0.717, 1.165) is 22.3 Å². The van der Waals surface area contributed by atoms with Crippen LogP contribution in [0, 0.1) is 0 Å². The second-order valence-corrected chi connectivity index (χ2v) is 14.4. The molecule has 47 heavy (non-hydrogen) atoms. The van der Waals surface area contributed by atoms with Crippen molar-refractivity contribution in [3.05, 3.63) is 99.0 Å². The molecule has 250 valence electrons. The number of carbonyl (C=O) groups excluding carboxylic acids is 2. The van der Waals surface area contributed by atoms with E-state index in [0.29, 0.717) is 61.0 Å². The molecule has 2 aliphatic rings. The van der Waals surface area contributed by atoms with E-state index in [1.165, 1.54) is 0 Å². The molecule has 0 bridgehead atoms. The van der Waals surface area contributed by atoms with E-state index in [2.05, 4.69) is 57.0 Å². The number of benzene rings is 3. The number of amidine groups is 1. The zero-order chi connectivity index (χ0) is 34.1. The van der Waals surface area contributed by atoms with Crippen LogP contribution >= 0.6 is 23.2 Å². The molecule has 0 unspecified atom stereocenters. The maximum atomic E-state index is 15.1. The number of rotatable bonds is 7. The van der Waals surface area contributed by atoms with Crippen molar-refractivity contribution in [3.63, 3.8) is 0 Å². The third-order valence-electron chi connectivity index (χ3n) is 9.62. The van der Waals surface area contributed by atoms with Gasteiger partial charge in [0.2, 0.25) is 5.91 Å². The minimum Gasteiger partial charge on any atom is -0.493 e. The number of hydrogen-bond donors (Lipinski definition) is 1. The third kappa shape index (κ3) is 6.60. The fraction of sp³-hybridized carbons (Fsp3) is 0.432. The molecule has 0 aliphatic carbocycles. The minimum atomic E-state index is -0.997. The quantitative estimate of drug-likeness (QED) is 0.290. The van der Waals surface area contributed by atoms with Crippen molar-refractivity contribution in [1.82, 2.24) is 20.0 Å². The number of piperazine rings is 1. The molecule has 0 spiro atoms. The number of nitrogens with zero attached hydrogens (tertiary/aromatic N) is 4. The Morgan fingerprint density at radius 2 is 1.47 bits per heavy atom. The molecule has 10 heteroatoms. The molecule has 1 saturated heterocycles. The van der Waals surface area contributed by atoms with Gasteiger partial charge in [-0.3, -0.25) is 19.6 Å². The lowest BCUT2D eigenvalue weighted by atomic mass is 9.71. The molecule has 5 rings (SSSR count). The Morgan fingerprint density at radius 1 is 0.894 bits per heavy atom. The molecule has 2 aliphatic heterocycles. The van der Waals surface area contributed by atoms with Crippen molar-refractivity contribution >= 4 is 41.0 Å². The number of halogens is 2. The van der Waals surface area contributed by atoms with Gasteiger partial charge in [-0.05, 0) is 79.3 Å². The number of hydrogen-bond acceptors (Lipinski definition) is 5. The average molecular weight is 679 g/mol. The molecule has 0 saturated carbocycles. The van der Waals surface area contributed by atoms with E-state index in [4.69, 9.17) is 32.9 Å². The van der Waals surface area contributed by atoms with Gasteiger partial charge in [-0.1, -0.05) is 74.3 Å². The first-order valence-electron chi connectivity index (χ1n) is 16.1. The molecule has 3 amide bonds. The first kappa shape index (κ1) is 34.7. The summed E-state index contributed by atoms with van der Waals surface area (Å²) in [6.07, 6.45) is 0. The summed E-state index contributed by atoms with van der Waals surface area (Å²) in [4.78, 5) is 38.5. The van der Waals surface area contributed by atoms with Crippen molar-refractivity contribution in [3.8, 4) is 5.75 Å². The van der Waals surface area contributed by atoms with Crippen molar-refractivity contribution in [2.75, 3.05) is 46.4 Å². The third-order valence-corrected chi connectivity index (χ3v) is 10.1. The van der Waals surface area contributed by atoms with E-state index in [-0.39, 0.29) is 17.4 Å². The Bertz CT molecular complexity index is 1650. The lowest BCUT2D eigenvalue weighted by Crippen LogP contribution is -2.61. The minimum absolute atomic E-state index is 0.0464. The van der Waals surface area contributed by atoms with Gasteiger partial charge in [0.15, 0.2) is 0 Å². The van der Waals surface area contributed by atoms with Gasteiger partial charge in [0, 0.05) is 43.3 Å². The first-order chi connectivity index (χ1) is 22.2. The monoisotopic (exact) mass is 677 g/mol. The Hall–Kier alpha value is -3.59. The van der Waals surface area contributed by atoms with Gasteiger partial charge in [-0.2, -0.15) is 0 Å². The van der Waals surface area contributed by atoms with Crippen molar-refractivity contribution in [1.29, 1.82) is 0 Å². The predicted molar refractivity (Wildman–Crippen MR) is 190 cm³/mol. The largest absolute Gasteiger partial charge is 0.493 e. The Balaban J connectivity index is 1.71. The molecule has 0 radical (unpaired) electrons. The number of nitrogens with one attached hydrogen (secondary N) is 1. The molecule has 0 aromatic heterocycles. The van der Waals surface area contributed by atoms with Gasteiger partial charge in [-0.15, -0.1) is 0 Å². The fourth-order valence-electron chi connectivity index (χ4n) is 6.54. The number of likely N-dealkylation sites (N-methyl/N-ethyl adjacent to an activating group) is 1.